The maximum absolute atomic E-state index is 13.2. The number of benzene rings is 1. The number of nitrogens with two attached hydrogens (primary N) is 1. The van der Waals surface area contributed by atoms with Crippen LogP contribution in [0.1, 0.15) is 33.0 Å². The van der Waals surface area contributed by atoms with E-state index in [4.69, 9.17) is 5.73 Å². The van der Waals surface area contributed by atoms with E-state index in [2.05, 4.69) is 27.8 Å². The number of thiophene rings is 1. The van der Waals surface area contributed by atoms with Gasteiger partial charge in [-0.1, -0.05) is 17.9 Å². The second-order valence-corrected chi connectivity index (χ2v) is 7.06. The summed E-state index contributed by atoms with van der Waals surface area (Å²) in [6.45, 7) is 1.99. The third-order valence-corrected chi connectivity index (χ3v) is 5.07. The lowest BCUT2D eigenvalue weighted by Crippen LogP contribution is -2.45. The van der Waals surface area contributed by atoms with Crippen LogP contribution in [0, 0.1) is 17.7 Å². The maximum Gasteiger partial charge on any atom is 0.263 e. The Hall–Kier alpha value is -2.40. The van der Waals surface area contributed by atoms with E-state index in [-0.39, 0.29) is 24.4 Å². The fraction of sp³-hybridized carbons (Fsp3) is 0.316. The monoisotopic (exact) mass is 372 g/mol. The number of nitrogens with one attached hydrogen (secondary N) is 3. The molecule has 5 nitrogen and oxygen atoms in total. The molecule has 1 atom stereocenters. The number of halogens is 1. The van der Waals surface area contributed by atoms with Crippen LogP contribution in [0.3, 0.4) is 0 Å². The second kappa shape index (κ2) is 8.81. The van der Waals surface area contributed by atoms with Crippen molar-refractivity contribution in [3.05, 3.63) is 51.5 Å². The molecule has 2 aromatic rings. The number of hydrogen-bond acceptors (Lipinski definition) is 5. The van der Waals surface area contributed by atoms with Crippen LogP contribution in [0.5, 0.6) is 0 Å². The minimum Gasteiger partial charge on any atom is -0.371 e. The molecule has 2 heterocycles. The number of hydrogen-bond donors (Lipinski definition) is 4. The first-order chi connectivity index (χ1) is 12.7. The molecule has 0 bridgehead atoms. The number of anilines is 1. The molecule has 1 aromatic heterocycles. The molecule has 1 amide bonds. The van der Waals surface area contributed by atoms with Crippen LogP contribution in [0.4, 0.5) is 10.1 Å². The minimum atomic E-state index is -0.324. The zero-order valence-electron chi connectivity index (χ0n) is 14.3. The average Bonchev–Trinajstić information content (AvgIpc) is 3.04. The Bertz CT molecular complexity index is 834. The third kappa shape index (κ3) is 4.82. The Kier molecular flexibility index (Phi) is 6.23. The number of amides is 1. The molecule has 1 fully saturated rings. The molecule has 1 saturated heterocycles. The molecule has 1 aliphatic rings. The van der Waals surface area contributed by atoms with E-state index in [9.17, 15) is 9.18 Å². The van der Waals surface area contributed by atoms with Crippen molar-refractivity contribution in [3.8, 4) is 11.8 Å². The van der Waals surface area contributed by atoms with Gasteiger partial charge in [0.25, 0.3) is 5.91 Å². The number of rotatable bonds is 4. The van der Waals surface area contributed by atoms with Crippen molar-refractivity contribution in [1.82, 2.24) is 10.6 Å². The molecule has 26 heavy (non-hydrogen) atoms. The average molecular weight is 372 g/mol. The molecule has 0 saturated carbocycles. The van der Waals surface area contributed by atoms with Crippen molar-refractivity contribution in [2.24, 2.45) is 5.73 Å². The van der Waals surface area contributed by atoms with E-state index in [0.717, 1.165) is 30.8 Å². The van der Waals surface area contributed by atoms with Gasteiger partial charge in [0, 0.05) is 18.2 Å². The van der Waals surface area contributed by atoms with Crippen molar-refractivity contribution in [2.75, 3.05) is 25.1 Å². The lowest BCUT2D eigenvalue weighted by Gasteiger charge is -2.23. The Balaban J connectivity index is 1.78. The molecule has 136 valence electrons. The molecule has 0 radical (unpaired) electrons. The van der Waals surface area contributed by atoms with Crippen LogP contribution in [-0.4, -0.2) is 31.7 Å². The van der Waals surface area contributed by atoms with Gasteiger partial charge in [0.1, 0.15) is 10.7 Å². The highest BCUT2D eigenvalue weighted by Gasteiger charge is 2.20. The van der Waals surface area contributed by atoms with E-state index in [0.29, 0.717) is 16.1 Å². The standard InChI is InChI=1S/C19H21FN4OS/c20-14-4-1-3-13(9-14)6-7-16-10-17(23-12-21)18(26-16)19(25)24-15-5-2-8-22-11-15/h1,3-4,9-10,15,22-23H,2,5,8,11-12,21H2,(H,24,25)/t15-/m0/s1. The first-order valence-corrected chi connectivity index (χ1v) is 9.34. The Morgan fingerprint density at radius 2 is 2.27 bits per heavy atom. The summed E-state index contributed by atoms with van der Waals surface area (Å²) in [4.78, 5) is 13.9. The number of carbonyl (C=O) groups is 1. The molecular weight excluding hydrogens is 351 g/mol. The van der Waals surface area contributed by atoms with E-state index in [1.54, 1.807) is 18.2 Å². The van der Waals surface area contributed by atoms with Crippen LogP contribution in [0.15, 0.2) is 30.3 Å². The zero-order chi connectivity index (χ0) is 18.4. The first kappa shape index (κ1) is 18.4. The third-order valence-electron chi connectivity index (χ3n) is 4.02. The predicted molar refractivity (Wildman–Crippen MR) is 103 cm³/mol. The quantitative estimate of drug-likeness (QED) is 0.490. The molecule has 0 unspecified atom stereocenters. The molecule has 7 heteroatoms. The lowest BCUT2D eigenvalue weighted by molar-refractivity contribution is 0.0935. The van der Waals surface area contributed by atoms with Gasteiger partial charge in [-0.2, -0.15) is 0 Å². The fourth-order valence-corrected chi connectivity index (χ4v) is 3.68. The van der Waals surface area contributed by atoms with Gasteiger partial charge >= 0.3 is 0 Å². The molecule has 1 aromatic carbocycles. The summed E-state index contributed by atoms with van der Waals surface area (Å²) in [5.74, 6) is 5.47. The summed E-state index contributed by atoms with van der Waals surface area (Å²) in [7, 11) is 0. The van der Waals surface area contributed by atoms with Gasteiger partial charge in [0.2, 0.25) is 0 Å². The van der Waals surface area contributed by atoms with Gasteiger partial charge in [-0.25, -0.2) is 4.39 Å². The van der Waals surface area contributed by atoms with Gasteiger partial charge in [0.15, 0.2) is 0 Å². The Morgan fingerprint density at radius 1 is 1.38 bits per heavy atom. The SMILES string of the molecule is NCNc1cc(C#Cc2cccc(F)c2)sc1C(=O)N[C@H]1CCCNC1. The highest BCUT2D eigenvalue weighted by Crippen LogP contribution is 2.27. The van der Waals surface area contributed by atoms with Crippen LogP contribution in [0.25, 0.3) is 0 Å². The topological polar surface area (TPSA) is 79.2 Å². The van der Waals surface area contributed by atoms with Crippen molar-refractivity contribution in [3.63, 3.8) is 0 Å². The summed E-state index contributed by atoms with van der Waals surface area (Å²) in [6.07, 6.45) is 2.02. The summed E-state index contributed by atoms with van der Waals surface area (Å²) < 4.78 is 13.2. The normalized spacial score (nSPS) is 16.5. The van der Waals surface area contributed by atoms with Gasteiger partial charge < -0.3 is 21.7 Å². The minimum absolute atomic E-state index is 0.126. The smallest absolute Gasteiger partial charge is 0.263 e. The largest absolute Gasteiger partial charge is 0.371 e. The highest BCUT2D eigenvalue weighted by molar-refractivity contribution is 7.15. The summed E-state index contributed by atoms with van der Waals surface area (Å²) >= 11 is 1.30. The second-order valence-electron chi connectivity index (χ2n) is 6.01. The Morgan fingerprint density at radius 3 is 3.00 bits per heavy atom. The van der Waals surface area contributed by atoms with Gasteiger partial charge in [-0.15, -0.1) is 11.3 Å². The van der Waals surface area contributed by atoms with E-state index in [1.807, 2.05) is 0 Å². The molecule has 3 rings (SSSR count). The van der Waals surface area contributed by atoms with Crippen molar-refractivity contribution >= 4 is 22.9 Å². The number of piperidine rings is 1. The summed E-state index contributed by atoms with van der Waals surface area (Å²) in [6, 6.07) is 8.05. The fourth-order valence-electron chi connectivity index (χ4n) is 2.79. The van der Waals surface area contributed by atoms with Crippen LogP contribution >= 0.6 is 11.3 Å². The zero-order valence-corrected chi connectivity index (χ0v) is 15.1. The molecule has 0 spiro atoms. The maximum atomic E-state index is 13.2. The number of carbonyl (C=O) groups excluding carboxylic acids is 1. The van der Waals surface area contributed by atoms with Crippen LogP contribution in [0.2, 0.25) is 0 Å². The molecule has 5 N–H and O–H groups in total. The molecule has 0 aliphatic carbocycles. The van der Waals surface area contributed by atoms with Gasteiger partial charge in [-0.3, -0.25) is 4.79 Å². The van der Waals surface area contributed by atoms with E-state index < -0.39 is 0 Å². The summed E-state index contributed by atoms with van der Waals surface area (Å²) in [5, 5.41) is 9.34. The van der Waals surface area contributed by atoms with Crippen molar-refractivity contribution in [1.29, 1.82) is 0 Å². The lowest BCUT2D eigenvalue weighted by atomic mass is 10.1. The Labute approximate surface area is 156 Å². The van der Waals surface area contributed by atoms with Crippen molar-refractivity contribution < 1.29 is 9.18 Å². The van der Waals surface area contributed by atoms with Crippen LogP contribution in [-0.2, 0) is 0 Å². The van der Waals surface area contributed by atoms with E-state index >= 15 is 0 Å². The highest BCUT2D eigenvalue weighted by atomic mass is 32.1. The van der Waals surface area contributed by atoms with Crippen molar-refractivity contribution in [2.45, 2.75) is 18.9 Å². The predicted octanol–water partition coefficient (Wildman–Crippen LogP) is 2.10. The van der Waals surface area contributed by atoms with Crippen LogP contribution < -0.4 is 21.7 Å². The van der Waals surface area contributed by atoms with Gasteiger partial charge in [0.05, 0.1) is 17.2 Å². The summed E-state index contributed by atoms with van der Waals surface area (Å²) in [5.41, 5.74) is 6.84. The molecular formula is C19H21FN4OS. The first-order valence-electron chi connectivity index (χ1n) is 8.52. The van der Waals surface area contributed by atoms with E-state index in [1.165, 1.54) is 23.5 Å². The molecule has 1 aliphatic heterocycles. The van der Waals surface area contributed by atoms with Gasteiger partial charge in [-0.05, 0) is 43.7 Å².